The molecular formula is C31H34ClF2N5O3. The first-order valence-electron chi connectivity index (χ1n) is 14.3. The first-order valence-corrected chi connectivity index (χ1v) is 14.6. The second-order valence-electron chi connectivity index (χ2n) is 10.4. The lowest BCUT2D eigenvalue weighted by Gasteiger charge is -2.43. The highest BCUT2D eigenvalue weighted by Gasteiger charge is 2.34. The molecule has 2 saturated heterocycles. The SMILES string of the molecule is CCOc1ncccc1-c1ccc(N2CCN(C(=O)c3ccc(F)cc3Cl)C[C@H]2CC)c(C(=O)N[C@@H]2CCNC2)c1F. The number of nitrogens with zero attached hydrogens (tertiary/aromatic N) is 3. The maximum atomic E-state index is 16.6. The van der Waals surface area contributed by atoms with Crippen molar-refractivity contribution in [1.29, 1.82) is 0 Å². The van der Waals surface area contributed by atoms with Crippen LogP contribution in [0.2, 0.25) is 5.02 Å². The van der Waals surface area contributed by atoms with E-state index in [1.54, 1.807) is 35.4 Å². The number of piperazine rings is 1. The summed E-state index contributed by atoms with van der Waals surface area (Å²) >= 11 is 6.18. The molecule has 2 fully saturated rings. The molecule has 8 nitrogen and oxygen atoms in total. The molecule has 222 valence electrons. The number of halogens is 3. The van der Waals surface area contributed by atoms with Crippen molar-refractivity contribution >= 4 is 29.1 Å². The third-order valence-electron chi connectivity index (χ3n) is 7.80. The van der Waals surface area contributed by atoms with Crippen molar-refractivity contribution in [3.05, 3.63) is 76.4 Å². The summed E-state index contributed by atoms with van der Waals surface area (Å²) in [6.45, 7) is 6.57. The van der Waals surface area contributed by atoms with Crippen molar-refractivity contribution in [2.24, 2.45) is 0 Å². The molecule has 2 aliphatic rings. The van der Waals surface area contributed by atoms with Crippen LogP contribution in [-0.2, 0) is 0 Å². The minimum atomic E-state index is -0.656. The van der Waals surface area contributed by atoms with Gasteiger partial charge in [-0.2, -0.15) is 0 Å². The molecule has 0 radical (unpaired) electrons. The quantitative estimate of drug-likeness (QED) is 0.384. The standard InChI is InChI=1S/C31H34ClF2N5O3/c1-3-21-18-38(31(41)24-8-7-19(33)16-25(24)32)14-15-39(21)26-10-9-22(23-6-5-12-36-30(23)42-4-2)28(34)27(26)29(40)37-20-11-13-35-17-20/h5-10,12,16,20-21,35H,3-4,11,13-15,17-18H2,1-2H3,(H,37,40)/t20-,21-/m1/s1. The van der Waals surface area contributed by atoms with Crippen LogP contribution in [-0.4, -0.2) is 73.1 Å². The van der Waals surface area contributed by atoms with E-state index in [9.17, 15) is 14.0 Å². The fourth-order valence-electron chi connectivity index (χ4n) is 5.65. The third kappa shape index (κ3) is 6.05. The summed E-state index contributed by atoms with van der Waals surface area (Å²) in [5.74, 6) is -1.68. The van der Waals surface area contributed by atoms with Crippen molar-refractivity contribution in [2.75, 3.05) is 44.2 Å². The van der Waals surface area contributed by atoms with Gasteiger partial charge in [0.05, 0.1) is 28.4 Å². The molecule has 0 unspecified atom stereocenters. The van der Waals surface area contributed by atoms with Gasteiger partial charge in [0.25, 0.3) is 11.8 Å². The van der Waals surface area contributed by atoms with Crippen molar-refractivity contribution in [1.82, 2.24) is 20.5 Å². The number of ether oxygens (including phenoxy) is 1. The highest BCUT2D eigenvalue weighted by Crippen LogP contribution is 2.37. The van der Waals surface area contributed by atoms with Crippen LogP contribution in [0.1, 0.15) is 47.4 Å². The van der Waals surface area contributed by atoms with Gasteiger partial charge < -0.3 is 25.2 Å². The molecule has 3 aromatic rings. The predicted molar refractivity (Wildman–Crippen MR) is 158 cm³/mol. The number of hydrogen-bond acceptors (Lipinski definition) is 6. The third-order valence-corrected chi connectivity index (χ3v) is 8.11. The van der Waals surface area contributed by atoms with Crippen LogP contribution in [0.15, 0.2) is 48.7 Å². The van der Waals surface area contributed by atoms with Crippen molar-refractivity contribution in [2.45, 2.75) is 38.8 Å². The number of benzene rings is 2. The van der Waals surface area contributed by atoms with Crippen LogP contribution in [0.25, 0.3) is 11.1 Å². The van der Waals surface area contributed by atoms with Gasteiger partial charge in [-0.25, -0.2) is 13.8 Å². The zero-order valence-corrected chi connectivity index (χ0v) is 24.4. The molecule has 2 aromatic carbocycles. The number of aromatic nitrogens is 1. The van der Waals surface area contributed by atoms with E-state index < -0.39 is 17.5 Å². The average molecular weight is 598 g/mol. The molecule has 11 heteroatoms. The van der Waals surface area contributed by atoms with Crippen LogP contribution in [0.3, 0.4) is 0 Å². The summed E-state index contributed by atoms with van der Waals surface area (Å²) in [6.07, 6.45) is 2.96. The Balaban J connectivity index is 1.50. The smallest absolute Gasteiger partial charge is 0.256 e. The summed E-state index contributed by atoms with van der Waals surface area (Å²) < 4.78 is 35.8. The van der Waals surface area contributed by atoms with Gasteiger partial charge >= 0.3 is 0 Å². The molecule has 0 bridgehead atoms. The first kappa shape index (κ1) is 29.7. The van der Waals surface area contributed by atoms with Crippen LogP contribution < -0.4 is 20.3 Å². The Bertz CT molecular complexity index is 1470. The van der Waals surface area contributed by atoms with Gasteiger partial charge in [0.15, 0.2) is 0 Å². The number of amides is 2. The predicted octanol–water partition coefficient (Wildman–Crippen LogP) is 4.91. The number of pyridine rings is 1. The normalized spacial score (nSPS) is 18.7. The minimum Gasteiger partial charge on any atom is -0.478 e. The maximum Gasteiger partial charge on any atom is 0.256 e. The summed E-state index contributed by atoms with van der Waals surface area (Å²) in [7, 11) is 0. The second kappa shape index (κ2) is 13.0. The largest absolute Gasteiger partial charge is 0.478 e. The molecule has 1 aromatic heterocycles. The van der Waals surface area contributed by atoms with Gasteiger partial charge in [0.1, 0.15) is 11.6 Å². The number of carbonyl (C=O) groups excluding carboxylic acids is 2. The van der Waals surface area contributed by atoms with Gasteiger partial charge in [-0.3, -0.25) is 9.59 Å². The molecule has 2 amide bonds. The highest BCUT2D eigenvalue weighted by molar-refractivity contribution is 6.33. The minimum absolute atomic E-state index is 0.0505. The Morgan fingerprint density at radius 2 is 1.98 bits per heavy atom. The Kier molecular flexibility index (Phi) is 9.23. The summed E-state index contributed by atoms with van der Waals surface area (Å²) in [4.78, 5) is 35.0. The van der Waals surface area contributed by atoms with Gasteiger partial charge in [-0.05, 0) is 68.8 Å². The zero-order valence-electron chi connectivity index (χ0n) is 23.6. The molecule has 5 rings (SSSR count). The Morgan fingerprint density at radius 3 is 2.69 bits per heavy atom. The van der Waals surface area contributed by atoms with Crippen molar-refractivity contribution < 1.29 is 23.1 Å². The van der Waals surface area contributed by atoms with Crippen LogP contribution in [0, 0.1) is 11.6 Å². The van der Waals surface area contributed by atoms with Gasteiger partial charge in [-0.1, -0.05) is 18.5 Å². The van der Waals surface area contributed by atoms with Crippen molar-refractivity contribution in [3.8, 4) is 17.0 Å². The molecule has 0 saturated carbocycles. The summed E-state index contributed by atoms with van der Waals surface area (Å²) in [5, 5.41) is 6.27. The zero-order chi connectivity index (χ0) is 29.8. The number of rotatable bonds is 8. The van der Waals surface area contributed by atoms with E-state index in [4.69, 9.17) is 16.3 Å². The molecule has 3 heterocycles. The summed E-state index contributed by atoms with van der Waals surface area (Å²) in [5.41, 5.74) is 1.31. The fraction of sp³-hybridized carbons (Fsp3) is 0.387. The number of carbonyl (C=O) groups is 2. The molecular weight excluding hydrogens is 564 g/mol. The Morgan fingerprint density at radius 1 is 1.14 bits per heavy atom. The van der Waals surface area contributed by atoms with Crippen molar-refractivity contribution in [3.63, 3.8) is 0 Å². The summed E-state index contributed by atoms with van der Waals surface area (Å²) in [6, 6.07) is 10.2. The van der Waals surface area contributed by atoms with E-state index in [2.05, 4.69) is 15.6 Å². The van der Waals surface area contributed by atoms with Gasteiger partial charge in [0, 0.05) is 55.6 Å². The van der Waals surface area contributed by atoms with Crippen LogP contribution in [0.5, 0.6) is 5.88 Å². The molecule has 0 spiro atoms. The van der Waals surface area contributed by atoms with E-state index in [1.165, 1.54) is 12.1 Å². The van der Waals surface area contributed by atoms with Crippen LogP contribution in [0.4, 0.5) is 14.5 Å². The molecule has 2 atom stereocenters. The van der Waals surface area contributed by atoms with E-state index in [0.29, 0.717) is 50.5 Å². The van der Waals surface area contributed by atoms with Gasteiger partial charge in [0.2, 0.25) is 5.88 Å². The molecule has 42 heavy (non-hydrogen) atoms. The second-order valence-corrected chi connectivity index (χ2v) is 10.8. The fourth-order valence-corrected chi connectivity index (χ4v) is 5.90. The number of anilines is 1. The lowest BCUT2D eigenvalue weighted by molar-refractivity contribution is 0.0720. The number of nitrogens with one attached hydrogen (secondary N) is 2. The van der Waals surface area contributed by atoms with E-state index >= 15 is 4.39 Å². The first-order chi connectivity index (χ1) is 20.3. The topological polar surface area (TPSA) is 86.8 Å². The monoisotopic (exact) mass is 597 g/mol. The van der Waals surface area contributed by atoms with Crippen LogP contribution >= 0.6 is 11.6 Å². The average Bonchev–Trinajstić information content (AvgIpc) is 3.50. The maximum absolute atomic E-state index is 16.6. The molecule has 0 aliphatic carbocycles. The number of hydrogen-bond donors (Lipinski definition) is 2. The van der Waals surface area contributed by atoms with Gasteiger partial charge in [-0.15, -0.1) is 0 Å². The Labute approximate surface area is 249 Å². The highest BCUT2D eigenvalue weighted by atomic mass is 35.5. The Hall–Kier alpha value is -3.76. The molecule has 2 aliphatic heterocycles. The van der Waals surface area contributed by atoms with E-state index in [-0.39, 0.29) is 45.6 Å². The van der Waals surface area contributed by atoms with E-state index in [0.717, 1.165) is 19.0 Å². The molecule has 2 N–H and O–H groups in total. The van der Waals surface area contributed by atoms with E-state index in [1.807, 2.05) is 18.7 Å². The lowest BCUT2D eigenvalue weighted by atomic mass is 9.97. The lowest BCUT2D eigenvalue weighted by Crippen LogP contribution is -2.55.